The van der Waals surface area contributed by atoms with Gasteiger partial charge in [-0.05, 0) is 50.6 Å². The van der Waals surface area contributed by atoms with Gasteiger partial charge in [-0.3, -0.25) is 0 Å². The van der Waals surface area contributed by atoms with Crippen LogP contribution in [0.4, 0.5) is 0 Å². The second-order valence-corrected chi connectivity index (χ2v) is 5.26. The van der Waals surface area contributed by atoms with Crippen LogP contribution in [0.2, 0.25) is 5.02 Å². The minimum absolute atomic E-state index is 0.203. The van der Waals surface area contributed by atoms with Crippen molar-refractivity contribution in [2.24, 2.45) is 0 Å². The van der Waals surface area contributed by atoms with Gasteiger partial charge in [0.25, 0.3) is 0 Å². The number of hydrogen-bond donors (Lipinski definition) is 1. The first-order valence-electron chi connectivity index (χ1n) is 6.50. The summed E-state index contributed by atoms with van der Waals surface area (Å²) in [5.41, 5.74) is 3.59. The van der Waals surface area contributed by atoms with Crippen molar-refractivity contribution >= 4 is 23.2 Å². The van der Waals surface area contributed by atoms with E-state index in [2.05, 4.69) is 19.2 Å². The first-order valence-corrected chi connectivity index (χ1v) is 7.31. The predicted molar refractivity (Wildman–Crippen MR) is 83.3 cm³/mol. The molecule has 1 aromatic rings. The summed E-state index contributed by atoms with van der Waals surface area (Å²) in [4.78, 5) is 0. The van der Waals surface area contributed by atoms with Gasteiger partial charge in [0.1, 0.15) is 12.4 Å². The number of nitrogens with one attached hydrogen (secondary N) is 1. The highest BCUT2D eigenvalue weighted by atomic mass is 35.5. The first kappa shape index (κ1) is 16.4. The van der Waals surface area contributed by atoms with Gasteiger partial charge >= 0.3 is 0 Å². The molecule has 2 nitrogen and oxygen atoms in total. The van der Waals surface area contributed by atoms with Crippen molar-refractivity contribution in [3.63, 3.8) is 0 Å². The highest BCUT2D eigenvalue weighted by molar-refractivity contribution is 6.30. The minimum atomic E-state index is 0.203. The van der Waals surface area contributed by atoms with Crippen LogP contribution in [0, 0.1) is 0 Å². The quantitative estimate of drug-likeness (QED) is 0.771. The summed E-state index contributed by atoms with van der Waals surface area (Å²) in [5, 5.41) is 4.16. The van der Waals surface area contributed by atoms with Crippen LogP contribution in [-0.4, -0.2) is 13.2 Å². The Kier molecular flexibility index (Phi) is 7.29. The summed E-state index contributed by atoms with van der Waals surface area (Å²) < 4.78 is 5.79. The molecule has 1 N–H and O–H groups in total. The number of ether oxygens (including phenoxy) is 1. The molecule has 0 bridgehead atoms. The third-order valence-corrected chi connectivity index (χ3v) is 3.39. The smallest absolute Gasteiger partial charge is 0.124 e. The average molecular weight is 302 g/mol. The predicted octanol–water partition coefficient (Wildman–Crippen LogP) is 4.92. The van der Waals surface area contributed by atoms with E-state index in [9.17, 15) is 0 Å². The van der Waals surface area contributed by atoms with Crippen LogP contribution in [0.1, 0.15) is 38.8 Å². The van der Waals surface area contributed by atoms with Crippen LogP contribution in [-0.2, 0) is 0 Å². The van der Waals surface area contributed by atoms with Gasteiger partial charge in [0.05, 0.1) is 0 Å². The van der Waals surface area contributed by atoms with E-state index in [0.29, 0.717) is 6.61 Å². The lowest BCUT2D eigenvalue weighted by Crippen LogP contribution is -2.20. The van der Waals surface area contributed by atoms with Crippen molar-refractivity contribution < 1.29 is 4.74 Å². The molecule has 1 atom stereocenters. The Labute approximate surface area is 125 Å². The molecule has 0 spiro atoms. The monoisotopic (exact) mass is 301 g/mol. The van der Waals surface area contributed by atoms with Crippen molar-refractivity contribution in [1.82, 2.24) is 5.32 Å². The van der Waals surface area contributed by atoms with Crippen molar-refractivity contribution in [3.05, 3.63) is 39.9 Å². The maximum Gasteiger partial charge on any atom is 0.124 e. The van der Waals surface area contributed by atoms with E-state index in [4.69, 9.17) is 27.9 Å². The molecule has 4 heteroatoms. The molecule has 0 aliphatic carbocycles. The minimum Gasteiger partial charge on any atom is -0.489 e. The molecule has 1 rings (SSSR count). The Balaban J connectivity index is 2.84. The highest BCUT2D eigenvalue weighted by Crippen LogP contribution is 2.28. The Morgan fingerprint density at radius 3 is 2.84 bits per heavy atom. The van der Waals surface area contributed by atoms with Crippen molar-refractivity contribution in [2.75, 3.05) is 13.2 Å². The molecule has 0 heterocycles. The summed E-state index contributed by atoms with van der Waals surface area (Å²) in [6, 6.07) is 5.90. The molecule has 0 aromatic heterocycles. The van der Waals surface area contributed by atoms with Crippen LogP contribution in [0.3, 0.4) is 0 Å². The lowest BCUT2D eigenvalue weighted by molar-refractivity contribution is 0.344. The second-order valence-electron chi connectivity index (χ2n) is 4.60. The molecular weight excluding hydrogens is 281 g/mol. The zero-order valence-electron chi connectivity index (χ0n) is 11.7. The van der Waals surface area contributed by atoms with Crippen LogP contribution >= 0.6 is 23.2 Å². The van der Waals surface area contributed by atoms with Crippen molar-refractivity contribution in [1.29, 1.82) is 0 Å². The van der Waals surface area contributed by atoms with E-state index >= 15 is 0 Å². The normalized spacial score (nSPS) is 13.4. The van der Waals surface area contributed by atoms with Gasteiger partial charge < -0.3 is 10.1 Å². The molecule has 0 amide bonds. The molecule has 106 valence electrons. The van der Waals surface area contributed by atoms with Crippen LogP contribution < -0.4 is 10.1 Å². The number of benzene rings is 1. The van der Waals surface area contributed by atoms with E-state index in [0.717, 1.165) is 34.9 Å². The van der Waals surface area contributed by atoms with Crippen LogP contribution in [0.5, 0.6) is 5.75 Å². The van der Waals surface area contributed by atoms with Gasteiger partial charge in [0, 0.05) is 22.2 Å². The summed E-state index contributed by atoms with van der Waals surface area (Å²) in [7, 11) is 0. The molecule has 0 saturated carbocycles. The van der Waals surface area contributed by atoms with E-state index in [1.54, 1.807) is 0 Å². The van der Waals surface area contributed by atoms with Crippen molar-refractivity contribution in [3.8, 4) is 5.75 Å². The fourth-order valence-corrected chi connectivity index (χ4v) is 1.93. The van der Waals surface area contributed by atoms with Crippen LogP contribution in [0.25, 0.3) is 0 Å². The lowest BCUT2D eigenvalue weighted by Gasteiger charge is -2.18. The van der Waals surface area contributed by atoms with E-state index in [-0.39, 0.29) is 6.04 Å². The summed E-state index contributed by atoms with van der Waals surface area (Å²) in [6.07, 6.45) is 1.09. The standard InChI is InChI=1S/C15H21Cl2NO/c1-4-7-18-12(3)14-8-13(17)5-6-15(14)19-10-11(2)9-16/h5-6,8-9,12,18H,4,7,10H2,1-3H3/b11-9+. The van der Waals surface area contributed by atoms with Crippen LogP contribution in [0.15, 0.2) is 29.3 Å². The Hall–Kier alpha value is -0.700. The molecule has 19 heavy (non-hydrogen) atoms. The largest absolute Gasteiger partial charge is 0.489 e. The highest BCUT2D eigenvalue weighted by Gasteiger charge is 2.12. The maximum absolute atomic E-state index is 6.07. The summed E-state index contributed by atoms with van der Waals surface area (Å²) in [6.45, 7) is 7.63. The zero-order valence-corrected chi connectivity index (χ0v) is 13.2. The SMILES string of the molecule is CCCNC(C)c1cc(Cl)ccc1OC/C(C)=C/Cl. The number of halogens is 2. The Bertz CT molecular complexity index is 432. The third-order valence-electron chi connectivity index (χ3n) is 2.78. The van der Waals surface area contributed by atoms with E-state index < -0.39 is 0 Å². The molecule has 0 saturated heterocycles. The lowest BCUT2D eigenvalue weighted by atomic mass is 10.1. The third kappa shape index (κ3) is 5.43. The molecule has 0 aliphatic heterocycles. The first-order chi connectivity index (χ1) is 9.08. The topological polar surface area (TPSA) is 21.3 Å². The number of rotatable bonds is 7. The van der Waals surface area contributed by atoms with Gasteiger partial charge in [0.2, 0.25) is 0 Å². The fourth-order valence-electron chi connectivity index (χ4n) is 1.68. The fraction of sp³-hybridized carbons (Fsp3) is 0.467. The number of hydrogen-bond acceptors (Lipinski definition) is 2. The van der Waals surface area contributed by atoms with Gasteiger partial charge in [-0.2, -0.15) is 0 Å². The Morgan fingerprint density at radius 2 is 2.21 bits per heavy atom. The second kappa shape index (κ2) is 8.47. The molecule has 0 fully saturated rings. The summed E-state index contributed by atoms with van der Waals surface area (Å²) in [5.74, 6) is 0.846. The molecule has 1 unspecified atom stereocenters. The van der Waals surface area contributed by atoms with E-state index in [1.165, 1.54) is 5.54 Å². The molecule has 0 radical (unpaired) electrons. The van der Waals surface area contributed by atoms with Gasteiger partial charge in [-0.15, -0.1) is 0 Å². The Morgan fingerprint density at radius 1 is 1.47 bits per heavy atom. The van der Waals surface area contributed by atoms with Gasteiger partial charge in [-0.1, -0.05) is 30.1 Å². The molecular formula is C15H21Cl2NO. The molecule has 0 aliphatic rings. The molecule has 1 aromatic carbocycles. The van der Waals surface area contributed by atoms with Gasteiger partial charge in [-0.25, -0.2) is 0 Å². The van der Waals surface area contributed by atoms with Gasteiger partial charge in [0.15, 0.2) is 0 Å². The average Bonchev–Trinajstić information content (AvgIpc) is 2.42. The van der Waals surface area contributed by atoms with E-state index in [1.807, 2.05) is 25.1 Å². The maximum atomic E-state index is 6.07. The zero-order chi connectivity index (χ0) is 14.3. The summed E-state index contributed by atoms with van der Waals surface area (Å²) >= 11 is 11.7. The van der Waals surface area contributed by atoms with Crippen molar-refractivity contribution in [2.45, 2.75) is 33.2 Å².